The molecule has 0 aliphatic rings. The molecule has 3 N–H and O–H groups in total. The zero-order valence-corrected chi connectivity index (χ0v) is 21.5. The molecule has 0 bridgehead atoms. The highest BCUT2D eigenvalue weighted by atomic mass is 35.5. The van der Waals surface area contributed by atoms with Crippen LogP contribution in [0.2, 0.25) is 10.0 Å². The monoisotopic (exact) mass is 519 g/mol. The van der Waals surface area contributed by atoms with Gasteiger partial charge >= 0.3 is 12.1 Å². The van der Waals surface area contributed by atoms with E-state index in [0.717, 1.165) is 0 Å². The smallest absolute Gasteiger partial charge is 0.408 e. The molecule has 0 radical (unpaired) electrons. The van der Waals surface area contributed by atoms with Crippen LogP contribution in [-0.4, -0.2) is 43.8 Å². The first-order valence-electron chi connectivity index (χ1n) is 10.9. The number of carbonyl (C=O) groups excluding carboxylic acids is 1. The lowest BCUT2D eigenvalue weighted by Gasteiger charge is -2.38. The Morgan fingerprint density at radius 1 is 1.17 bits per heavy atom. The third-order valence-corrected chi connectivity index (χ3v) is 5.98. The molecule has 35 heavy (non-hydrogen) atoms. The first-order valence-corrected chi connectivity index (χ1v) is 11.7. The van der Waals surface area contributed by atoms with Crippen molar-refractivity contribution in [2.24, 2.45) is 0 Å². The number of aromatic nitrogens is 2. The highest BCUT2D eigenvalue weighted by molar-refractivity contribution is 6.35. The number of hydrogen-bond acceptors (Lipinski definition) is 4. The Hall–Kier alpha value is -3.30. The molecule has 186 valence electrons. The third kappa shape index (κ3) is 5.36. The van der Waals surface area contributed by atoms with E-state index in [1.54, 1.807) is 58.9 Å². The van der Waals surface area contributed by atoms with Crippen LogP contribution >= 0.6 is 23.2 Å². The van der Waals surface area contributed by atoms with E-state index in [2.05, 4.69) is 15.6 Å². The lowest BCUT2D eigenvalue weighted by atomic mass is 10.0. The summed E-state index contributed by atoms with van der Waals surface area (Å²) in [5.74, 6) is 0.152. The van der Waals surface area contributed by atoms with Crippen LogP contribution in [0.4, 0.5) is 15.3 Å². The van der Waals surface area contributed by atoms with Crippen molar-refractivity contribution in [2.75, 3.05) is 11.9 Å². The zero-order valence-electron chi connectivity index (χ0n) is 20.0. The Morgan fingerprint density at radius 2 is 1.86 bits per heavy atom. The molecule has 0 aliphatic carbocycles. The maximum Gasteiger partial charge on any atom is 0.408 e. The van der Waals surface area contributed by atoms with E-state index in [4.69, 9.17) is 23.2 Å². The fourth-order valence-electron chi connectivity index (χ4n) is 3.97. The summed E-state index contributed by atoms with van der Waals surface area (Å²) in [5.41, 5.74) is -0.388. The average Bonchev–Trinajstić information content (AvgIpc) is 2.74. The summed E-state index contributed by atoms with van der Waals surface area (Å²) in [5, 5.41) is 15.9. The molecule has 3 rings (SSSR count). The minimum Gasteiger partial charge on any atom is -0.465 e. The maximum absolute atomic E-state index is 13.8. The summed E-state index contributed by atoms with van der Waals surface area (Å²) in [6.07, 6.45) is -1.17. The number of carboxylic acid groups (broad SMARTS) is 1. The van der Waals surface area contributed by atoms with E-state index in [9.17, 15) is 19.5 Å². The summed E-state index contributed by atoms with van der Waals surface area (Å²) in [7, 11) is 0. The SMILES string of the molecule is CCNC(=O)Nc1ccc(Cl)c(-n2c([C@H](C)N(C(=O)O)C(C)(C)C)nc3cccc(Cl)c3c2=O)c1. The van der Waals surface area contributed by atoms with Gasteiger partial charge in [-0.15, -0.1) is 0 Å². The lowest BCUT2D eigenvalue weighted by Crippen LogP contribution is -2.47. The van der Waals surface area contributed by atoms with Gasteiger partial charge in [0.15, 0.2) is 0 Å². The van der Waals surface area contributed by atoms with Gasteiger partial charge in [0.1, 0.15) is 5.82 Å². The molecule has 0 fully saturated rings. The Kier molecular flexibility index (Phi) is 7.62. The van der Waals surface area contributed by atoms with Crippen molar-refractivity contribution in [1.82, 2.24) is 19.8 Å². The van der Waals surface area contributed by atoms with Crippen LogP contribution in [0.5, 0.6) is 0 Å². The average molecular weight is 520 g/mol. The number of fused-ring (bicyclic) bond motifs is 1. The standard InChI is InChI=1S/C24H27Cl2N5O4/c1-6-27-22(33)28-14-10-11-15(25)18(12-14)30-20(13(2)31(23(34)35)24(3,4)5)29-17-9-7-8-16(26)19(17)21(30)32/h7-13H,6H2,1-5H3,(H,34,35)(H2,27,28,33)/t13-/m0/s1. The highest BCUT2D eigenvalue weighted by Crippen LogP contribution is 2.32. The molecule has 1 atom stereocenters. The number of benzene rings is 2. The molecule has 3 amide bonds. The number of anilines is 1. The largest absolute Gasteiger partial charge is 0.465 e. The minimum atomic E-state index is -1.17. The first-order chi connectivity index (χ1) is 16.4. The molecule has 0 saturated carbocycles. The number of amides is 3. The summed E-state index contributed by atoms with van der Waals surface area (Å²) < 4.78 is 1.26. The van der Waals surface area contributed by atoms with E-state index in [1.807, 2.05) is 0 Å². The number of carbonyl (C=O) groups is 2. The van der Waals surface area contributed by atoms with Crippen molar-refractivity contribution in [1.29, 1.82) is 0 Å². The molecule has 0 unspecified atom stereocenters. The molecule has 11 heteroatoms. The highest BCUT2D eigenvalue weighted by Gasteiger charge is 2.35. The quantitative estimate of drug-likeness (QED) is 0.401. The predicted octanol–water partition coefficient (Wildman–Crippen LogP) is 5.67. The van der Waals surface area contributed by atoms with Crippen molar-refractivity contribution < 1.29 is 14.7 Å². The van der Waals surface area contributed by atoms with Gasteiger partial charge in [-0.1, -0.05) is 29.3 Å². The van der Waals surface area contributed by atoms with Crippen molar-refractivity contribution in [3.63, 3.8) is 0 Å². The van der Waals surface area contributed by atoms with E-state index in [1.165, 1.54) is 21.6 Å². The topological polar surface area (TPSA) is 117 Å². The van der Waals surface area contributed by atoms with Crippen LogP contribution in [0, 0.1) is 0 Å². The normalized spacial score (nSPS) is 12.3. The van der Waals surface area contributed by atoms with E-state index >= 15 is 0 Å². The second-order valence-corrected chi connectivity index (χ2v) is 9.71. The van der Waals surface area contributed by atoms with Gasteiger partial charge < -0.3 is 15.7 Å². The number of urea groups is 1. The summed E-state index contributed by atoms with van der Waals surface area (Å²) in [6, 6.07) is 8.27. The third-order valence-electron chi connectivity index (χ3n) is 5.34. The summed E-state index contributed by atoms with van der Waals surface area (Å²) in [6.45, 7) is 9.12. The van der Waals surface area contributed by atoms with E-state index in [-0.39, 0.29) is 26.9 Å². The van der Waals surface area contributed by atoms with Gasteiger partial charge in [-0.25, -0.2) is 14.6 Å². The fourth-order valence-corrected chi connectivity index (χ4v) is 4.42. The van der Waals surface area contributed by atoms with Crippen molar-refractivity contribution in [3.8, 4) is 5.69 Å². The Labute approximate surface area is 212 Å². The van der Waals surface area contributed by atoms with Crippen LogP contribution in [-0.2, 0) is 0 Å². The van der Waals surface area contributed by atoms with Crippen molar-refractivity contribution >= 4 is 51.9 Å². The maximum atomic E-state index is 13.8. The molecule has 1 aromatic heterocycles. The number of nitrogens with one attached hydrogen (secondary N) is 2. The van der Waals surface area contributed by atoms with Gasteiger partial charge in [0.2, 0.25) is 0 Å². The van der Waals surface area contributed by atoms with Gasteiger partial charge in [0.05, 0.1) is 32.7 Å². The van der Waals surface area contributed by atoms with Crippen LogP contribution < -0.4 is 16.2 Å². The number of rotatable bonds is 5. The van der Waals surface area contributed by atoms with Crippen LogP contribution in [0.3, 0.4) is 0 Å². The van der Waals surface area contributed by atoms with E-state index in [0.29, 0.717) is 17.7 Å². The molecule has 2 aromatic carbocycles. The van der Waals surface area contributed by atoms with Crippen molar-refractivity contribution in [2.45, 2.75) is 46.2 Å². The Balaban J connectivity index is 2.36. The Morgan fingerprint density at radius 3 is 2.46 bits per heavy atom. The molecular formula is C24H27Cl2N5O4. The predicted molar refractivity (Wildman–Crippen MR) is 138 cm³/mol. The molecule has 0 spiro atoms. The Bertz CT molecular complexity index is 1350. The van der Waals surface area contributed by atoms with Crippen LogP contribution in [0.25, 0.3) is 16.6 Å². The molecule has 9 nitrogen and oxygen atoms in total. The summed E-state index contributed by atoms with van der Waals surface area (Å²) >= 11 is 12.9. The van der Waals surface area contributed by atoms with Gasteiger partial charge in [0.25, 0.3) is 5.56 Å². The van der Waals surface area contributed by atoms with Gasteiger partial charge in [0, 0.05) is 17.8 Å². The van der Waals surface area contributed by atoms with Crippen LogP contribution in [0.15, 0.2) is 41.2 Å². The second kappa shape index (κ2) is 10.1. The van der Waals surface area contributed by atoms with Gasteiger partial charge in [-0.05, 0) is 65.0 Å². The van der Waals surface area contributed by atoms with Gasteiger partial charge in [-0.2, -0.15) is 0 Å². The minimum absolute atomic E-state index is 0.152. The lowest BCUT2D eigenvalue weighted by molar-refractivity contribution is 0.0719. The zero-order chi connectivity index (χ0) is 26.1. The molecule has 0 aliphatic heterocycles. The number of halogens is 2. The number of nitrogens with zero attached hydrogens (tertiary/aromatic N) is 3. The number of hydrogen-bond donors (Lipinski definition) is 3. The molecule has 1 heterocycles. The molecule has 0 saturated heterocycles. The fraction of sp³-hybridized carbons (Fsp3) is 0.333. The second-order valence-electron chi connectivity index (χ2n) is 8.89. The summed E-state index contributed by atoms with van der Waals surface area (Å²) in [4.78, 5) is 44.0. The first kappa shape index (κ1) is 26.3. The molecular weight excluding hydrogens is 493 g/mol. The van der Waals surface area contributed by atoms with Crippen molar-refractivity contribution in [3.05, 3.63) is 62.6 Å². The van der Waals surface area contributed by atoms with E-state index < -0.39 is 29.3 Å². The van der Waals surface area contributed by atoms with Crippen LogP contribution in [0.1, 0.15) is 46.5 Å². The molecule has 3 aromatic rings. The van der Waals surface area contributed by atoms with Gasteiger partial charge in [-0.3, -0.25) is 14.3 Å².